The van der Waals surface area contributed by atoms with Gasteiger partial charge >= 0.3 is 20.1 Å². The first-order valence-electron chi connectivity index (χ1n) is 14.6. The van der Waals surface area contributed by atoms with Crippen molar-refractivity contribution in [3.8, 4) is 33.8 Å². The third-order valence-electron chi connectivity index (χ3n) is 6.95. The van der Waals surface area contributed by atoms with Crippen molar-refractivity contribution in [2.24, 2.45) is 0 Å². The molecule has 3 nitrogen and oxygen atoms in total. The number of aromatic nitrogens is 3. The topological polar surface area (TPSA) is 38.7 Å². The van der Waals surface area contributed by atoms with Gasteiger partial charge in [0.1, 0.15) is 0 Å². The van der Waals surface area contributed by atoms with Crippen LogP contribution in [0.3, 0.4) is 0 Å². The zero-order chi connectivity index (χ0) is 28.7. The van der Waals surface area contributed by atoms with Gasteiger partial charge < -0.3 is 15.0 Å². The molecule has 0 fully saturated rings. The van der Waals surface area contributed by atoms with Crippen molar-refractivity contribution in [1.82, 2.24) is 15.0 Å². The number of rotatable bonds is 10. The molecule has 3 aromatic carbocycles. The van der Waals surface area contributed by atoms with Gasteiger partial charge in [0.15, 0.2) is 0 Å². The maximum Gasteiger partial charge on any atom is 3.00 e. The molecule has 0 aliphatic rings. The van der Waals surface area contributed by atoms with Gasteiger partial charge in [0.2, 0.25) is 0 Å². The summed E-state index contributed by atoms with van der Waals surface area (Å²) < 4.78 is 0. The predicted octanol–water partition coefficient (Wildman–Crippen LogP) is 9.30. The number of benzene rings is 3. The van der Waals surface area contributed by atoms with E-state index in [-0.39, 0.29) is 20.1 Å². The zero-order valence-electron chi connectivity index (χ0n) is 24.1. The molecule has 3 heterocycles. The third kappa shape index (κ3) is 10.2. The molecule has 214 valence electrons. The Morgan fingerprint density at radius 2 is 0.860 bits per heavy atom. The smallest absolute Gasteiger partial charge is 0.305 e. The van der Waals surface area contributed by atoms with Crippen molar-refractivity contribution in [1.29, 1.82) is 0 Å². The molecule has 0 aliphatic heterocycles. The van der Waals surface area contributed by atoms with E-state index < -0.39 is 0 Å². The maximum absolute atomic E-state index is 4.59. The molecule has 0 bridgehead atoms. The summed E-state index contributed by atoms with van der Waals surface area (Å²) in [4.78, 5) is 13.4. The minimum atomic E-state index is 0. The monoisotopic (exact) mass is 737 g/mol. The third-order valence-corrected chi connectivity index (χ3v) is 6.95. The van der Waals surface area contributed by atoms with Crippen molar-refractivity contribution in [2.75, 3.05) is 0 Å². The summed E-state index contributed by atoms with van der Waals surface area (Å²) in [5.41, 5.74) is 8.71. The largest absolute Gasteiger partial charge is 3.00 e. The van der Waals surface area contributed by atoms with Gasteiger partial charge in [0, 0.05) is 18.6 Å². The van der Waals surface area contributed by atoms with Gasteiger partial charge in [-0.3, -0.25) is 0 Å². The van der Waals surface area contributed by atoms with Gasteiger partial charge in [-0.1, -0.05) is 49.2 Å². The van der Waals surface area contributed by atoms with Gasteiger partial charge in [-0.2, -0.15) is 0 Å². The van der Waals surface area contributed by atoms with E-state index in [1.807, 2.05) is 103 Å². The molecule has 0 spiro atoms. The molecule has 0 saturated heterocycles. The Morgan fingerprint density at radius 3 is 1.21 bits per heavy atom. The molecule has 0 amide bonds. The molecule has 0 radical (unpaired) electrons. The van der Waals surface area contributed by atoms with E-state index in [0.29, 0.717) is 0 Å². The Morgan fingerprint density at radius 1 is 0.419 bits per heavy atom. The standard InChI is InChI=1S/C28H26N2.C11H8N.Ir/c1(5-11-23-17-19-27(29-21-23)25-13-7-3-8-14-25)2-6-12-24-18-20-28(30-22-24)26-15-9-4-10-16-26;1-2-6-10(7-3-1)11-8-4-5-9-12-11;/h3-4,7-10,13,15,17-22H,1-2,5-6,11-12H2;1-6,8-9H;/q-2;-1;+3. The quantitative estimate of drug-likeness (QED) is 0.104. The van der Waals surface area contributed by atoms with Gasteiger partial charge in [-0.05, 0) is 60.0 Å². The molecular formula is C39H34IrN3. The average molecular weight is 737 g/mol. The number of unbranched alkanes of at least 4 members (excludes halogenated alkanes) is 3. The molecule has 6 aromatic rings. The molecule has 0 saturated carbocycles. The fourth-order valence-electron chi connectivity index (χ4n) is 4.66. The summed E-state index contributed by atoms with van der Waals surface area (Å²) in [6.07, 6.45) is 12.9. The first kappa shape index (κ1) is 31.7. The van der Waals surface area contributed by atoms with Crippen molar-refractivity contribution in [3.05, 3.63) is 163 Å². The molecule has 3 aromatic heterocycles. The van der Waals surface area contributed by atoms with E-state index in [0.717, 1.165) is 46.6 Å². The summed E-state index contributed by atoms with van der Waals surface area (Å²) in [6, 6.07) is 47.8. The van der Waals surface area contributed by atoms with E-state index in [9.17, 15) is 0 Å². The molecule has 6 rings (SSSR count). The summed E-state index contributed by atoms with van der Waals surface area (Å²) in [7, 11) is 0. The van der Waals surface area contributed by atoms with Crippen LogP contribution >= 0.6 is 0 Å². The van der Waals surface area contributed by atoms with Crippen molar-refractivity contribution in [3.63, 3.8) is 0 Å². The first-order valence-corrected chi connectivity index (χ1v) is 14.6. The van der Waals surface area contributed by atoms with Crippen LogP contribution in [0.4, 0.5) is 0 Å². The minimum Gasteiger partial charge on any atom is -0.305 e. The van der Waals surface area contributed by atoms with Gasteiger partial charge in [0.05, 0.1) is 0 Å². The second-order valence-corrected chi connectivity index (χ2v) is 10.1. The normalized spacial score (nSPS) is 10.2. The molecule has 0 aliphatic carbocycles. The first-order chi connectivity index (χ1) is 20.8. The Labute approximate surface area is 269 Å². The molecule has 0 unspecified atom stereocenters. The van der Waals surface area contributed by atoms with Gasteiger partial charge in [0.25, 0.3) is 0 Å². The Bertz CT molecular complexity index is 1450. The number of aryl methyl sites for hydroxylation is 2. The van der Waals surface area contributed by atoms with Crippen LogP contribution in [0, 0.1) is 18.2 Å². The summed E-state index contributed by atoms with van der Waals surface area (Å²) in [6.45, 7) is 0. The molecule has 4 heteroatoms. The van der Waals surface area contributed by atoms with Crippen molar-refractivity contribution >= 4 is 0 Å². The van der Waals surface area contributed by atoms with Crippen molar-refractivity contribution in [2.45, 2.75) is 38.5 Å². The zero-order valence-corrected chi connectivity index (χ0v) is 26.5. The van der Waals surface area contributed by atoms with Crippen LogP contribution in [0.5, 0.6) is 0 Å². The average Bonchev–Trinajstić information content (AvgIpc) is 3.09. The van der Waals surface area contributed by atoms with Crippen LogP contribution in [0.1, 0.15) is 36.8 Å². The molecule has 0 N–H and O–H groups in total. The molecular weight excluding hydrogens is 703 g/mol. The summed E-state index contributed by atoms with van der Waals surface area (Å²) in [5, 5.41) is 0. The molecule has 43 heavy (non-hydrogen) atoms. The van der Waals surface area contributed by atoms with Crippen LogP contribution in [-0.4, -0.2) is 15.0 Å². The predicted molar refractivity (Wildman–Crippen MR) is 171 cm³/mol. The Kier molecular flexibility index (Phi) is 13.0. The van der Waals surface area contributed by atoms with Crippen LogP contribution in [0.2, 0.25) is 0 Å². The van der Waals surface area contributed by atoms with E-state index in [4.69, 9.17) is 0 Å². The SMILES string of the molecule is [Ir+3].[c-]1ccccc1-c1ccc(CCCCCCc2ccc(-c3[c-]cccc3)nc2)cn1.[c-]1ccccc1-c1ccccn1. The second kappa shape index (κ2) is 17.7. The fraction of sp³-hybridized carbons (Fsp3) is 0.154. The van der Waals surface area contributed by atoms with E-state index >= 15 is 0 Å². The number of pyridine rings is 3. The maximum atomic E-state index is 4.59. The summed E-state index contributed by atoms with van der Waals surface area (Å²) >= 11 is 0. The van der Waals surface area contributed by atoms with Crippen LogP contribution in [-0.2, 0) is 32.9 Å². The van der Waals surface area contributed by atoms with Crippen molar-refractivity contribution < 1.29 is 20.1 Å². The second-order valence-electron chi connectivity index (χ2n) is 10.1. The van der Waals surface area contributed by atoms with Crippen LogP contribution < -0.4 is 0 Å². The Balaban J connectivity index is 0.000000272. The number of nitrogens with zero attached hydrogens (tertiary/aromatic N) is 3. The van der Waals surface area contributed by atoms with E-state index in [2.05, 4.69) is 57.4 Å². The Hall–Kier alpha value is -4.24. The molecule has 0 atom stereocenters. The minimum absolute atomic E-state index is 0. The van der Waals surface area contributed by atoms with Crippen LogP contribution in [0.25, 0.3) is 33.8 Å². The van der Waals surface area contributed by atoms with E-state index in [1.165, 1.54) is 36.8 Å². The van der Waals surface area contributed by atoms with E-state index in [1.54, 1.807) is 6.20 Å². The van der Waals surface area contributed by atoms with Gasteiger partial charge in [-0.25, -0.2) is 0 Å². The number of hydrogen-bond acceptors (Lipinski definition) is 3. The fourth-order valence-corrected chi connectivity index (χ4v) is 4.66. The number of hydrogen-bond donors (Lipinski definition) is 0. The summed E-state index contributed by atoms with van der Waals surface area (Å²) in [5.74, 6) is 0. The van der Waals surface area contributed by atoms with Gasteiger partial charge in [-0.15, -0.1) is 108 Å². The van der Waals surface area contributed by atoms with Crippen LogP contribution in [0.15, 0.2) is 134 Å².